The Bertz CT molecular complexity index is 741. The van der Waals surface area contributed by atoms with E-state index in [1.165, 1.54) is 11.1 Å². The largest absolute Gasteiger partial charge is 0.310 e. The standard InChI is InChI=1S/C17H17N3O/c1-2-4-13-7-11-8-17(9-12(11)10-19-13)14-5-3-6-18-15(14)20-16(17)21/h3,5-7,10H,2,4,8-9H2,1H3,(H,18,20,21)/t17-/m0/s1. The summed E-state index contributed by atoms with van der Waals surface area (Å²) >= 11 is 0. The van der Waals surface area contributed by atoms with Crippen LogP contribution in [0.15, 0.2) is 30.6 Å². The summed E-state index contributed by atoms with van der Waals surface area (Å²) in [5.41, 5.74) is 4.14. The number of amides is 1. The Balaban J connectivity index is 1.78. The molecule has 1 N–H and O–H groups in total. The van der Waals surface area contributed by atoms with Crippen molar-refractivity contribution >= 4 is 11.7 Å². The second-order valence-corrected chi connectivity index (χ2v) is 5.98. The van der Waals surface area contributed by atoms with Gasteiger partial charge < -0.3 is 5.32 Å². The molecule has 2 aromatic heterocycles. The van der Waals surface area contributed by atoms with Crippen molar-refractivity contribution in [1.82, 2.24) is 9.97 Å². The van der Waals surface area contributed by atoms with Gasteiger partial charge in [-0.15, -0.1) is 0 Å². The molecule has 0 saturated carbocycles. The first-order valence-corrected chi connectivity index (χ1v) is 7.46. The predicted molar refractivity (Wildman–Crippen MR) is 80.2 cm³/mol. The van der Waals surface area contributed by atoms with Gasteiger partial charge in [-0.05, 0) is 42.5 Å². The van der Waals surface area contributed by atoms with E-state index in [2.05, 4.69) is 28.3 Å². The van der Waals surface area contributed by atoms with Gasteiger partial charge in [0.25, 0.3) is 0 Å². The summed E-state index contributed by atoms with van der Waals surface area (Å²) in [5.74, 6) is 0.793. The molecule has 4 heteroatoms. The number of fused-ring (bicyclic) bond motifs is 3. The van der Waals surface area contributed by atoms with Gasteiger partial charge in [-0.2, -0.15) is 0 Å². The smallest absolute Gasteiger partial charge is 0.237 e. The number of hydrogen-bond donors (Lipinski definition) is 1. The Hall–Kier alpha value is -2.23. The predicted octanol–water partition coefficient (Wildman–Crippen LogP) is 2.42. The van der Waals surface area contributed by atoms with Gasteiger partial charge in [0.05, 0.1) is 5.41 Å². The second kappa shape index (κ2) is 4.38. The summed E-state index contributed by atoms with van der Waals surface area (Å²) in [6, 6.07) is 6.10. The lowest BCUT2D eigenvalue weighted by Gasteiger charge is -2.20. The molecule has 0 fully saturated rings. The third-order valence-corrected chi connectivity index (χ3v) is 4.62. The van der Waals surface area contributed by atoms with Crippen LogP contribution in [0.3, 0.4) is 0 Å². The van der Waals surface area contributed by atoms with Gasteiger partial charge in [-0.1, -0.05) is 19.4 Å². The fraction of sp³-hybridized carbons (Fsp3) is 0.353. The van der Waals surface area contributed by atoms with Gasteiger partial charge in [0.2, 0.25) is 5.91 Å². The molecular weight excluding hydrogens is 262 g/mol. The molecular formula is C17H17N3O. The van der Waals surface area contributed by atoms with E-state index in [0.29, 0.717) is 0 Å². The lowest BCUT2D eigenvalue weighted by molar-refractivity contribution is -0.120. The van der Waals surface area contributed by atoms with E-state index in [0.717, 1.165) is 42.8 Å². The van der Waals surface area contributed by atoms with Crippen molar-refractivity contribution in [3.63, 3.8) is 0 Å². The maximum absolute atomic E-state index is 12.6. The quantitative estimate of drug-likeness (QED) is 0.918. The summed E-state index contributed by atoms with van der Waals surface area (Å²) in [6.45, 7) is 2.16. The average molecular weight is 279 g/mol. The molecule has 2 aromatic rings. The van der Waals surface area contributed by atoms with Crippen molar-refractivity contribution in [1.29, 1.82) is 0 Å². The van der Waals surface area contributed by atoms with Crippen molar-refractivity contribution in [2.24, 2.45) is 0 Å². The number of rotatable bonds is 2. The molecule has 1 amide bonds. The average Bonchev–Trinajstić information content (AvgIpc) is 2.99. The molecule has 0 bridgehead atoms. The SMILES string of the molecule is CCCc1cc2c(cn1)C[C@]1(C2)C(=O)Nc2ncccc21. The minimum Gasteiger partial charge on any atom is -0.310 e. The zero-order valence-electron chi connectivity index (χ0n) is 12.0. The van der Waals surface area contributed by atoms with Gasteiger partial charge in [0, 0.05) is 23.7 Å². The molecule has 3 heterocycles. The number of aryl methyl sites for hydroxylation is 1. The van der Waals surface area contributed by atoms with Gasteiger partial charge in [0.1, 0.15) is 5.82 Å². The molecule has 106 valence electrons. The van der Waals surface area contributed by atoms with Crippen LogP contribution < -0.4 is 5.32 Å². The first-order chi connectivity index (χ1) is 10.2. The maximum Gasteiger partial charge on any atom is 0.237 e. The van der Waals surface area contributed by atoms with Crippen LogP contribution in [0.4, 0.5) is 5.82 Å². The van der Waals surface area contributed by atoms with Crippen molar-refractivity contribution < 1.29 is 4.79 Å². The van der Waals surface area contributed by atoms with Crippen LogP contribution in [0.5, 0.6) is 0 Å². The first-order valence-electron chi connectivity index (χ1n) is 7.46. The second-order valence-electron chi connectivity index (χ2n) is 5.98. The number of nitrogens with zero attached hydrogens (tertiary/aromatic N) is 2. The van der Waals surface area contributed by atoms with Crippen LogP contribution >= 0.6 is 0 Å². The van der Waals surface area contributed by atoms with Crippen molar-refractivity contribution in [2.75, 3.05) is 5.32 Å². The molecule has 0 aromatic carbocycles. The normalized spacial score (nSPS) is 22.2. The number of nitrogens with one attached hydrogen (secondary N) is 1. The highest BCUT2D eigenvalue weighted by molar-refractivity contribution is 6.06. The van der Waals surface area contributed by atoms with Crippen LogP contribution in [-0.4, -0.2) is 15.9 Å². The highest BCUT2D eigenvalue weighted by Gasteiger charge is 2.51. The van der Waals surface area contributed by atoms with E-state index < -0.39 is 5.41 Å². The summed E-state index contributed by atoms with van der Waals surface area (Å²) in [6.07, 6.45) is 7.24. The van der Waals surface area contributed by atoms with Gasteiger partial charge in [-0.25, -0.2) is 4.98 Å². The molecule has 0 unspecified atom stereocenters. The number of anilines is 1. The number of pyridine rings is 2. The highest BCUT2D eigenvalue weighted by atomic mass is 16.2. The Kier molecular flexibility index (Phi) is 2.61. The highest BCUT2D eigenvalue weighted by Crippen LogP contribution is 2.46. The molecule has 0 saturated heterocycles. The molecule has 21 heavy (non-hydrogen) atoms. The molecule has 0 radical (unpaired) electrons. The van der Waals surface area contributed by atoms with E-state index in [-0.39, 0.29) is 5.91 Å². The molecule has 4 rings (SSSR count). The molecule has 1 aliphatic heterocycles. The summed E-state index contributed by atoms with van der Waals surface area (Å²) in [7, 11) is 0. The Morgan fingerprint density at radius 2 is 2.14 bits per heavy atom. The fourth-order valence-corrected chi connectivity index (χ4v) is 3.60. The number of carbonyl (C=O) groups is 1. The van der Waals surface area contributed by atoms with Crippen LogP contribution in [0.25, 0.3) is 0 Å². The first kappa shape index (κ1) is 12.5. The molecule has 1 aliphatic carbocycles. The van der Waals surface area contributed by atoms with Gasteiger partial charge in [-0.3, -0.25) is 9.78 Å². The minimum absolute atomic E-state index is 0.0736. The zero-order valence-corrected chi connectivity index (χ0v) is 12.0. The summed E-state index contributed by atoms with van der Waals surface area (Å²) in [5, 5.41) is 2.93. The van der Waals surface area contributed by atoms with E-state index >= 15 is 0 Å². The Morgan fingerprint density at radius 1 is 1.29 bits per heavy atom. The number of aromatic nitrogens is 2. The van der Waals surface area contributed by atoms with E-state index in [1.54, 1.807) is 6.20 Å². The Morgan fingerprint density at radius 3 is 3.00 bits per heavy atom. The van der Waals surface area contributed by atoms with Crippen LogP contribution in [0.1, 0.15) is 35.7 Å². The molecule has 2 aliphatic rings. The lowest BCUT2D eigenvalue weighted by Crippen LogP contribution is -2.35. The molecule has 4 nitrogen and oxygen atoms in total. The maximum atomic E-state index is 12.6. The van der Waals surface area contributed by atoms with Crippen molar-refractivity contribution in [3.05, 3.63) is 53.0 Å². The van der Waals surface area contributed by atoms with Crippen LogP contribution in [-0.2, 0) is 29.5 Å². The minimum atomic E-state index is -0.474. The van der Waals surface area contributed by atoms with Crippen molar-refractivity contribution in [2.45, 2.75) is 38.0 Å². The number of hydrogen-bond acceptors (Lipinski definition) is 3. The van der Waals surface area contributed by atoms with Gasteiger partial charge >= 0.3 is 0 Å². The van der Waals surface area contributed by atoms with E-state index in [1.807, 2.05) is 18.3 Å². The van der Waals surface area contributed by atoms with Crippen molar-refractivity contribution in [3.8, 4) is 0 Å². The number of carbonyl (C=O) groups excluding carboxylic acids is 1. The Labute approximate surface area is 123 Å². The van der Waals surface area contributed by atoms with E-state index in [9.17, 15) is 4.79 Å². The topological polar surface area (TPSA) is 54.9 Å². The lowest BCUT2D eigenvalue weighted by atomic mass is 9.79. The summed E-state index contributed by atoms with van der Waals surface area (Å²) < 4.78 is 0. The van der Waals surface area contributed by atoms with E-state index in [4.69, 9.17) is 0 Å². The third-order valence-electron chi connectivity index (χ3n) is 4.62. The third kappa shape index (κ3) is 1.71. The van der Waals surface area contributed by atoms with Gasteiger partial charge in [0.15, 0.2) is 0 Å². The monoisotopic (exact) mass is 279 g/mol. The zero-order chi connectivity index (χ0) is 14.4. The van der Waals surface area contributed by atoms with Crippen LogP contribution in [0.2, 0.25) is 0 Å². The van der Waals surface area contributed by atoms with Crippen LogP contribution in [0, 0.1) is 0 Å². The molecule has 1 atom stereocenters. The summed E-state index contributed by atoms with van der Waals surface area (Å²) in [4.78, 5) is 21.4. The fourth-order valence-electron chi connectivity index (χ4n) is 3.60. The molecule has 1 spiro atoms.